The predicted molar refractivity (Wildman–Crippen MR) is 149 cm³/mol. The van der Waals surface area contributed by atoms with Gasteiger partial charge in [0.2, 0.25) is 0 Å². The summed E-state index contributed by atoms with van der Waals surface area (Å²) < 4.78 is 0. The second-order valence-corrected chi connectivity index (χ2v) is 9.77. The Morgan fingerprint density at radius 2 is 1.11 bits per heavy atom. The van der Waals surface area contributed by atoms with Crippen molar-refractivity contribution in [2.24, 2.45) is 11.8 Å². The molecule has 0 N–H and O–H groups in total. The summed E-state index contributed by atoms with van der Waals surface area (Å²) in [4.78, 5) is 0. The third kappa shape index (κ3) is 3.14. The first-order valence-corrected chi connectivity index (χ1v) is 12.5. The van der Waals surface area contributed by atoms with Gasteiger partial charge in [0.05, 0.1) is 0 Å². The van der Waals surface area contributed by atoms with E-state index >= 15 is 0 Å². The molecule has 4 aromatic rings. The first-order chi connectivity index (χ1) is 17.3. The lowest BCUT2D eigenvalue weighted by molar-refractivity contribution is 0.707. The quantitative estimate of drug-likeness (QED) is 0.294. The van der Waals surface area contributed by atoms with Crippen molar-refractivity contribution in [3.05, 3.63) is 144 Å². The van der Waals surface area contributed by atoms with Gasteiger partial charge >= 0.3 is 0 Å². The molecule has 2 atom stereocenters. The molecule has 7 rings (SSSR count). The maximum absolute atomic E-state index is 2.45. The van der Waals surface area contributed by atoms with E-state index in [2.05, 4.69) is 134 Å². The molecule has 0 bridgehead atoms. The SMILES string of the molecule is Cc1cccc(-c2cc(-c3ccccc3)c3c(c2-c2ccccc2)C2=CC=CC4C=CC=C3C24)c1. The first kappa shape index (κ1) is 20.2. The molecular weight excluding hydrogens is 420 g/mol. The minimum absolute atomic E-state index is 0.387. The van der Waals surface area contributed by atoms with E-state index in [0.29, 0.717) is 11.8 Å². The number of rotatable bonds is 3. The van der Waals surface area contributed by atoms with Crippen molar-refractivity contribution in [2.45, 2.75) is 6.92 Å². The molecular formula is C35H26. The number of hydrogen-bond acceptors (Lipinski definition) is 0. The molecule has 0 nitrogen and oxygen atoms in total. The molecule has 0 saturated carbocycles. The number of hydrogen-bond donors (Lipinski definition) is 0. The van der Waals surface area contributed by atoms with Crippen molar-refractivity contribution in [3.8, 4) is 33.4 Å². The topological polar surface area (TPSA) is 0 Å². The molecule has 3 aliphatic rings. The Balaban J connectivity index is 1.66. The zero-order valence-electron chi connectivity index (χ0n) is 19.8. The van der Waals surface area contributed by atoms with E-state index in [1.54, 1.807) is 0 Å². The van der Waals surface area contributed by atoms with Gasteiger partial charge in [0.25, 0.3) is 0 Å². The summed E-state index contributed by atoms with van der Waals surface area (Å²) in [6.45, 7) is 2.18. The molecule has 0 aromatic heterocycles. The summed E-state index contributed by atoms with van der Waals surface area (Å²) in [5, 5.41) is 0. The fraction of sp³-hybridized carbons (Fsp3) is 0.0857. The van der Waals surface area contributed by atoms with Crippen LogP contribution >= 0.6 is 0 Å². The summed E-state index contributed by atoms with van der Waals surface area (Å²) in [6.07, 6.45) is 13.9. The smallest absolute Gasteiger partial charge is 0.0200 e. The van der Waals surface area contributed by atoms with Crippen molar-refractivity contribution < 1.29 is 0 Å². The minimum Gasteiger partial charge on any atom is -0.0767 e. The van der Waals surface area contributed by atoms with E-state index in [-0.39, 0.29) is 0 Å². The molecule has 0 heteroatoms. The second kappa shape index (κ2) is 7.96. The highest BCUT2D eigenvalue weighted by Crippen LogP contribution is 2.59. The van der Waals surface area contributed by atoms with Crippen LogP contribution in [0.4, 0.5) is 0 Å². The Morgan fingerprint density at radius 1 is 0.514 bits per heavy atom. The fourth-order valence-corrected chi connectivity index (χ4v) is 6.19. The van der Waals surface area contributed by atoms with Crippen molar-refractivity contribution in [2.75, 3.05) is 0 Å². The normalized spacial score (nSPS) is 19.1. The number of allylic oxidation sites excluding steroid dienone is 8. The van der Waals surface area contributed by atoms with Crippen molar-refractivity contribution in [1.82, 2.24) is 0 Å². The van der Waals surface area contributed by atoms with Gasteiger partial charge in [0.1, 0.15) is 0 Å². The van der Waals surface area contributed by atoms with Gasteiger partial charge in [-0.3, -0.25) is 0 Å². The molecule has 2 unspecified atom stereocenters. The predicted octanol–water partition coefficient (Wildman–Crippen LogP) is 9.15. The van der Waals surface area contributed by atoms with Crippen LogP contribution in [-0.2, 0) is 0 Å². The number of benzene rings is 4. The molecule has 0 spiro atoms. The molecule has 3 aliphatic carbocycles. The highest BCUT2D eigenvalue weighted by molar-refractivity contribution is 6.10. The maximum atomic E-state index is 2.45. The number of fused-ring (bicyclic) bond motifs is 3. The standard InChI is InChI=1S/C35H26/c1-23-11-8-18-27(21-23)31-22-30(24-12-4-2-5-13-24)34-28-19-9-16-25-17-10-20-29(32(25)28)35(34)33(31)26-14-6-3-7-15-26/h2-22,25,32H,1H3. The minimum atomic E-state index is 0.387. The van der Waals surface area contributed by atoms with E-state index in [9.17, 15) is 0 Å². The van der Waals surface area contributed by atoms with Crippen molar-refractivity contribution in [3.63, 3.8) is 0 Å². The van der Waals surface area contributed by atoms with Gasteiger partial charge in [0, 0.05) is 11.8 Å². The molecule has 4 aromatic carbocycles. The van der Waals surface area contributed by atoms with Crippen LogP contribution in [0.3, 0.4) is 0 Å². The molecule has 0 amide bonds. The average Bonchev–Trinajstić information content (AvgIpc) is 3.25. The Kier molecular flexibility index (Phi) is 4.60. The van der Waals surface area contributed by atoms with Crippen LogP contribution < -0.4 is 0 Å². The van der Waals surface area contributed by atoms with E-state index in [0.717, 1.165) is 0 Å². The average molecular weight is 447 g/mol. The van der Waals surface area contributed by atoms with Gasteiger partial charge in [-0.15, -0.1) is 0 Å². The zero-order valence-corrected chi connectivity index (χ0v) is 19.8. The lowest BCUT2D eigenvalue weighted by Crippen LogP contribution is -2.14. The molecule has 166 valence electrons. The van der Waals surface area contributed by atoms with Crippen LogP contribution in [0.5, 0.6) is 0 Å². The van der Waals surface area contributed by atoms with Crippen LogP contribution in [-0.4, -0.2) is 0 Å². The van der Waals surface area contributed by atoms with E-state index in [1.165, 1.54) is 61.2 Å². The maximum Gasteiger partial charge on any atom is 0.0200 e. The summed E-state index contributed by atoms with van der Waals surface area (Å²) in [5.74, 6) is 0.801. The Hall–Kier alpha value is -4.16. The van der Waals surface area contributed by atoms with Gasteiger partial charge < -0.3 is 0 Å². The molecule has 0 aliphatic heterocycles. The Labute approximate surface area is 207 Å². The van der Waals surface area contributed by atoms with E-state index < -0.39 is 0 Å². The Morgan fingerprint density at radius 3 is 1.80 bits per heavy atom. The van der Waals surface area contributed by atoms with E-state index in [1.807, 2.05) is 0 Å². The fourth-order valence-electron chi connectivity index (χ4n) is 6.19. The Bertz CT molecular complexity index is 1580. The van der Waals surface area contributed by atoms with Crippen LogP contribution in [0, 0.1) is 18.8 Å². The lowest BCUT2D eigenvalue weighted by Gasteiger charge is -2.26. The molecule has 35 heavy (non-hydrogen) atoms. The second-order valence-electron chi connectivity index (χ2n) is 9.77. The molecule has 0 saturated heterocycles. The highest BCUT2D eigenvalue weighted by atomic mass is 14.4. The number of aryl methyl sites for hydroxylation is 1. The summed E-state index contributed by atoms with van der Waals surface area (Å²) in [6, 6.07) is 33.3. The zero-order chi connectivity index (χ0) is 23.4. The molecule has 0 heterocycles. The summed E-state index contributed by atoms with van der Waals surface area (Å²) in [5.41, 5.74) is 14.8. The van der Waals surface area contributed by atoms with Gasteiger partial charge in [-0.1, -0.05) is 127 Å². The molecule has 0 radical (unpaired) electrons. The van der Waals surface area contributed by atoms with Crippen LogP contribution in [0.15, 0.2) is 127 Å². The molecule has 0 fully saturated rings. The largest absolute Gasteiger partial charge is 0.0767 e. The van der Waals surface area contributed by atoms with E-state index in [4.69, 9.17) is 0 Å². The van der Waals surface area contributed by atoms with Gasteiger partial charge in [0.15, 0.2) is 0 Å². The van der Waals surface area contributed by atoms with Gasteiger partial charge in [-0.05, 0) is 68.6 Å². The van der Waals surface area contributed by atoms with Crippen LogP contribution in [0.25, 0.3) is 44.5 Å². The van der Waals surface area contributed by atoms with Gasteiger partial charge in [-0.2, -0.15) is 0 Å². The van der Waals surface area contributed by atoms with Crippen LogP contribution in [0.2, 0.25) is 0 Å². The van der Waals surface area contributed by atoms with Gasteiger partial charge in [-0.25, -0.2) is 0 Å². The highest BCUT2D eigenvalue weighted by Gasteiger charge is 2.41. The lowest BCUT2D eigenvalue weighted by atomic mass is 9.77. The van der Waals surface area contributed by atoms with Crippen molar-refractivity contribution >= 4 is 11.1 Å². The van der Waals surface area contributed by atoms with Crippen LogP contribution in [0.1, 0.15) is 16.7 Å². The monoisotopic (exact) mass is 446 g/mol. The third-order valence-corrected chi connectivity index (χ3v) is 7.65. The third-order valence-electron chi connectivity index (χ3n) is 7.65. The summed E-state index contributed by atoms with van der Waals surface area (Å²) in [7, 11) is 0. The van der Waals surface area contributed by atoms with Crippen molar-refractivity contribution in [1.29, 1.82) is 0 Å². The summed E-state index contributed by atoms with van der Waals surface area (Å²) >= 11 is 0. The first-order valence-electron chi connectivity index (χ1n) is 12.5.